The van der Waals surface area contributed by atoms with E-state index < -0.39 is 24.0 Å². The molecule has 2 atom stereocenters. The number of halogens is 1. The number of benzene rings is 2. The van der Waals surface area contributed by atoms with Crippen molar-refractivity contribution in [1.29, 1.82) is 5.26 Å². The van der Waals surface area contributed by atoms with E-state index in [1.54, 1.807) is 39.0 Å². The highest BCUT2D eigenvalue weighted by molar-refractivity contribution is 5.68. The van der Waals surface area contributed by atoms with Gasteiger partial charge in [-0.1, -0.05) is 0 Å². The molecule has 4 heterocycles. The van der Waals surface area contributed by atoms with Crippen LogP contribution in [0.15, 0.2) is 48.8 Å². The van der Waals surface area contributed by atoms with E-state index >= 15 is 4.39 Å². The third kappa shape index (κ3) is 8.29. The zero-order valence-corrected chi connectivity index (χ0v) is 27.8. The maximum absolute atomic E-state index is 15.1. The number of nitrogens with one attached hydrogen (secondary N) is 1. The van der Waals surface area contributed by atoms with Crippen LogP contribution >= 0.6 is 0 Å². The van der Waals surface area contributed by atoms with Gasteiger partial charge in [-0.05, 0) is 76.1 Å². The molecule has 3 aliphatic heterocycles. The van der Waals surface area contributed by atoms with Gasteiger partial charge in [-0.2, -0.15) is 10.2 Å². The van der Waals surface area contributed by atoms with E-state index in [9.17, 15) is 10.1 Å². The van der Waals surface area contributed by atoms with E-state index in [4.69, 9.17) is 14.2 Å². The average Bonchev–Trinajstić information content (AvgIpc) is 3.09. The first-order chi connectivity index (χ1) is 23.1. The Bertz CT molecular complexity index is 1600. The third-order valence-corrected chi connectivity index (χ3v) is 8.85. The highest BCUT2D eigenvalue weighted by Gasteiger charge is 2.35. The molecule has 3 aliphatic rings. The van der Waals surface area contributed by atoms with Gasteiger partial charge < -0.3 is 29.3 Å². The van der Waals surface area contributed by atoms with Crippen LogP contribution < -0.4 is 15.0 Å². The minimum atomic E-state index is -1.43. The Kier molecular flexibility index (Phi) is 10.2. The van der Waals surface area contributed by atoms with Crippen molar-refractivity contribution in [2.75, 3.05) is 62.7 Å². The minimum Gasteiger partial charge on any atom is -0.486 e. The molecule has 13 heteroatoms. The van der Waals surface area contributed by atoms with Crippen LogP contribution in [0.4, 0.5) is 26.5 Å². The van der Waals surface area contributed by atoms with E-state index in [2.05, 4.69) is 48.3 Å². The molecule has 6 rings (SSSR count). The van der Waals surface area contributed by atoms with Gasteiger partial charge in [0, 0.05) is 75.3 Å². The summed E-state index contributed by atoms with van der Waals surface area (Å²) in [6.07, 6.45) is 1.14. The summed E-state index contributed by atoms with van der Waals surface area (Å²) in [6, 6.07) is 16.0. The van der Waals surface area contributed by atoms with Crippen LogP contribution in [0.25, 0.3) is 11.4 Å². The number of hydrogen-bond donors (Lipinski definition) is 1. The Labute approximate surface area is 280 Å². The number of alkyl halides is 1. The van der Waals surface area contributed by atoms with E-state index in [1.807, 2.05) is 12.1 Å². The SMILES string of the molecule is CC(C)(C)OC(=O)N1CCC(Oc2ccc(-c3ncnc(Nc4ccc(N5CCN(C6CCOCC6)CC5)cc4)n3)cc2C#N)C(F)C1. The summed E-state index contributed by atoms with van der Waals surface area (Å²) in [6.45, 7) is 11.3. The van der Waals surface area contributed by atoms with Crippen LogP contribution in [0.1, 0.15) is 45.6 Å². The first-order valence-electron chi connectivity index (χ1n) is 16.6. The number of carbonyl (C=O) groups excluding carboxylic acids is 1. The second-order valence-corrected chi connectivity index (χ2v) is 13.4. The smallest absolute Gasteiger partial charge is 0.410 e. The number of amides is 1. The zero-order valence-electron chi connectivity index (χ0n) is 27.8. The molecule has 0 aliphatic carbocycles. The Balaban J connectivity index is 1.05. The Morgan fingerprint density at radius 1 is 1.02 bits per heavy atom. The number of likely N-dealkylation sites (tertiary alicyclic amines) is 1. The molecule has 2 aromatic carbocycles. The Hall–Kier alpha value is -4.54. The van der Waals surface area contributed by atoms with Gasteiger partial charge >= 0.3 is 6.09 Å². The monoisotopic (exact) mass is 658 g/mol. The first-order valence-corrected chi connectivity index (χ1v) is 16.6. The van der Waals surface area contributed by atoms with E-state index in [-0.39, 0.29) is 30.8 Å². The topological polar surface area (TPSA) is 129 Å². The average molecular weight is 659 g/mol. The largest absolute Gasteiger partial charge is 0.486 e. The van der Waals surface area contributed by atoms with Crippen LogP contribution in [-0.4, -0.2) is 107 Å². The predicted octanol–water partition coefficient (Wildman–Crippen LogP) is 5.18. The molecule has 3 aromatic rings. The van der Waals surface area contributed by atoms with Crippen molar-refractivity contribution >= 4 is 23.4 Å². The molecule has 0 bridgehead atoms. The number of anilines is 3. The molecule has 2 unspecified atom stereocenters. The number of carbonyl (C=O) groups is 1. The molecule has 3 saturated heterocycles. The fourth-order valence-electron chi connectivity index (χ4n) is 6.31. The number of rotatable bonds is 7. The summed E-state index contributed by atoms with van der Waals surface area (Å²) in [4.78, 5) is 31.9. The van der Waals surface area contributed by atoms with Crippen LogP contribution in [-0.2, 0) is 9.47 Å². The summed E-state index contributed by atoms with van der Waals surface area (Å²) in [5.41, 5.74) is 2.19. The van der Waals surface area contributed by atoms with Crippen molar-refractivity contribution in [1.82, 2.24) is 24.8 Å². The molecule has 0 saturated carbocycles. The number of nitrogens with zero attached hydrogens (tertiary/aromatic N) is 7. The van der Waals surface area contributed by atoms with Crippen LogP contribution in [0.3, 0.4) is 0 Å². The minimum absolute atomic E-state index is 0.142. The maximum Gasteiger partial charge on any atom is 0.410 e. The lowest BCUT2D eigenvalue weighted by Gasteiger charge is -2.41. The number of piperazine rings is 1. The molecule has 1 aromatic heterocycles. The molecule has 0 spiro atoms. The van der Waals surface area contributed by atoms with Gasteiger partial charge in [0.2, 0.25) is 5.95 Å². The lowest BCUT2D eigenvalue weighted by molar-refractivity contribution is -0.0106. The number of hydrogen-bond acceptors (Lipinski definition) is 11. The van der Waals surface area contributed by atoms with E-state index in [1.165, 1.54) is 16.9 Å². The zero-order chi connectivity index (χ0) is 33.7. The fourth-order valence-corrected chi connectivity index (χ4v) is 6.31. The van der Waals surface area contributed by atoms with Crippen LogP contribution in [0.5, 0.6) is 5.75 Å². The third-order valence-electron chi connectivity index (χ3n) is 8.85. The molecular weight excluding hydrogens is 615 g/mol. The summed E-state index contributed by atoms with van der Waals surface area (Å²) >= 11 is 0. The van der Waals surface area contributed by atoms with Gasteiger partial charge in [0.15, 0.2) is 12.0 Å². The number of aromatic nitrogens is 3. The molecule has 1 amide bonds. The quantitative estimate of drug-likeness (QED) is 0.361. The summed E-state index contributed by atoms with van der Waals surface area (Å²) in [5.74, 6) is 1.01. The standard InChI is InChI=1S/C35H43FN8O4/c1-35(2,3)48-34(45)44-13-10-31(29(36)22-44)47-30-9-4-24(20-25(30)21-37)32-38-23-39-33(41-32)40-26-5-7-27(8-6-26)42-14-16-43(17-15-42)28-11-18-46-19-12-28/h4-9,20,23,28-29,31H,10-19,22H2,1-3H3,(H,38,39,40,41). The maximum atomic E-state index is 15.1. The normalized spacial score (nSPS) is 21.0. The molecule has 12 nitrogen and oxygen atoms in total. The second kappa shape index (κ2) is 14.7. The lowest BCUT2D eigenvalue weighted by Crippen LogP contribution is -2.51. The molecule has 1 N–H and O–H groups in total. The lowest BCUT2D eigenvalue weighted by atomic mass is 10.1. The highest BCUT2D eigenvalue weighted by Crippen LogP contribution is 2.29. The number of piperidine rings is 1. The van der Waals surface area contributed by atoms with Crippen LogP contribution in [0, 0.1) is 11.3 Å². The van der Waals surface area contributed by atoms with Gasteiger partial charge in [0.05, 0.1) is 12.1 Å². The Morgan fingerprint density at radius 3 is 2.46 bits per heavy atom. The number of ether oxygens (including phenoxy) is 3. The van der Waals surface area contributed by atoms with Gasteiger partial charge in [-0.3, -0.25) is 4.90 Å². The van der Waals surface area contributed by atoms with Gasteiger partial charge in [0.25, 0.3) is 0 Å². The van der Waals surface area contributed by atoms with Crippen molar-refractivity contribution in [2.24, 2.45) is 0 Å². The number of nitriles is 1. The molecule has 254 valence electrons. The van der Waals surface area contributed by atoms with E-state index in [0.29, 0.717) is 23.4 Å². The summed E-state index contributed by atoms with van der Waals surface area (Å²) in [5, 5.41) is 13.1. The van der Waals surface area contributed by atoms with Gasteiger partial charge in [-0.15, -0.1) is 0 Å². The van der Waals surface area contributed by atoms with Crippen molar-refractivity contribution in [3.63, 3.8) is 0 Å². The van der Waals surface area contributed by atoms with Crippen molar-refractivity contribution in [2.45, 2.75) is 64.0 Å². The summed E-state index contributed by atoms with van der Waals surface area (Å²) in [7, 11) is 0. The first kappa shape index (κ1) is 33.4. The van der Waals surface area contributed by atoms with Crippen molar-refractivity contribution < 1.29 is 23.4 Å². The predicted molar refractivity (Wildman–Crippen MR) is 179 cm³/mol. The van der Waals surface area contributed by atoms with Crippen molar-refractivity contribution in [3.05, 3.63) is 54.4 Å². The van der Waals surface area contributed by atoms with Gasteiger partial charge in [0.1, 0.15) is 29.9 Å². The molecular formula is C35H43FN8O4. The van der Waals surface area contributed by atoms with Crippen molar-refractivity contribution in [3.8, 4) is 23.2 Å². The second-order valence-electron chi connectivity index (χ2n) is 13.4. The molecule has 3 fully saturated rings. The van der Waals surface area contributed by atoms with Gasteiger partial charge in [-0.25, -0.2) is 19.2 Å². The highest BCUT2D eigenvalue weighted by atomic mass is 19.1. The summed E-state index contributed by atoms with van der Waals surface area (Å²) < 4.78 is 31.9. The molecule has 48 heavy (non-hydrogen) atoms. The fraction of sp³-hybridized carbons (Fsp3) is 0.514. The molecule has 0 radical (unpaired) electrons. The van der Waals surface area contributed by atoms with E-state index in [0.717, 1.165) is 57.9 Å². The Morgan fingerprint density at radius 2 is 1.77 bits per heavy atom. The van der Waals surface area contributed by atoms with Crippen LogP contribution in [0.2, 0.25) is 0 Å².